The predicted molar refractivity (Wildman–Crippen MR) is 108 cm³/mol. The zero-order chi connectivity index (χ0) is 19.3. The van der Waals surface area contributed by atoms with Gasteiger partial charge in [-0.1, -0.05) is 36.4 Å². The first kappa shape index (κ1) is 19.3. The van der Waals surface area contributed by atoms with Crippen molar-refractivity contribution < 1.29 is 14.7 Å². The lowest BCUT2D eigenvalue weighted by Crippen LogP contribution is -2.46. The summed E-state index contributed by atoms with van der Waals surface area (Å²) in [6, 6.07) is 14.6. The van der Waals surface area contributed by atoms with E-state index < -0.39 is 17.4 Å². The van der Waals surface area contributed by atoms with E-state index >= 15 is 0 Å². The van der Waals surface area contributed by atoms with E-state index in [4.69, 9.17) is 0 Å². The maximum atomic E-state index is 12.3. The van der Waals surface area contributed by atoms with Crippen molar-refractivity contribution in [2.24, 2.45) is 0 Å². The van der Waals surface area contributed by atoms with Gasteiger partial charge in [0.1, 0.15) is 5.60 Å². The molecule has 0 aliphatic rings. The minimum absolute atomic E-state index is 0.0871. The van der Waals surface area contributed by atoms with Crippen LogP contribution in [-0.4, -0.2) is 23.5 Å². The smallest absolute Gasteiger partial charge is 0.309 e. The van der Waals surface area contributed by atoms with Crippen LogP contribution >= 0.6 is 22.7 Å². The first-order valence-electron chi connectivity index (χ1n) is 8.43. The number of benzene rings is 1. The molecular weight excluding hydrogens is 380 g/mol. The van der Waals surface area contributed by atoms with Crippen molar-refractivity contribution in [3.05, 3.63) is 80.7 Å². The second-order valence-electron chi connectivity index (χ2n) is 6.14. The third-order valence-corrected chi connectivity index (χ3v) is 5.99. The highest BCUT2D eigenvalue weighted by Crippen LogP contribution is 2.33. The molecule has 0 spiro atoms. The molecule has 2 heterocycles. The van der Waals surface area contributed by atoms with Gasteiger partial charge in [-0.3, -0.25) is 9.59 Å². The lowest BCUT2D eigenvalue weighted by atomic mass is 9.94. The molecule has 2 aromatic heterocycles. The standard InChI is InChI=1S/C20H20N2O3S2/c1-14(15-6-3-2-4-7-15)22-19(24)18(23)21-13-20(25,16-9-11-26-12-16)17-8-5-10-27-17/h2-12,14,25H,13H2,1H3,(H,21,23)(H,22,24)/t14-,20-/m1/s1. The molecule has 0 saturated heterocycles. The second kappa shape index (κ2) is 8.47. The third-order valence-electron chi connectivity index (χ3n) is 4.29. The van der Waals surface area contributed by atoms with Gasteiger partial charge in [0.2, 0.25) is 0 Å². The molecular formula is C20H20N2O3S2. The van der Waals surface area contributed by atoms with Crippen LogP contribution in [0.1, 0.15) is 29.0 Å². The van der Waals surface area contributed by atoms with Crippen molar-refractivity contribution in [1.29, 1.82) is 0 Å². The van der Waals surface area contributed by atoms with Crippen LogP contribution in [0.15, 0.2) is 64.7 Å². The fourth-order valence-electron chi connectivity index (χ4n) is 2.72. The van der Waals surface area contributed by atoms with E-state index in [0.717, 1.165) is 5.56 Å². The van der Waals surface area contributed by atoms with Crippen LogP contribution in [0, 0.1) is 0 Å². The van der Waals surface area contributed by atoms with Gasteiger partial charge in [-0.15, -0.1) is 11.3 Å². The minimum Gasteiger partial charge on any atom is -0.378 e. The Bertz CT molecular complexity index is 843. The van der Waals surface area contributed by atoms with Gasteiger partial charge in [-0.25, -0.2) is 0 Å². The number of amides is 2. The monoisotopic (exact) mass is 400 g/mol. The molecule has 0 unspecified atom stereocenters. The summed E-state index contributed by atoms with van der Waals surface area (Å²) >= 11 is 2.86. The molecule has 3 rings (SSSR count). The topological polar surface area (TPSA) is 78.4 Å². The van der Waals surface area contributed by atoms with Crippen molar-refractivity contribution in [2.75, 3.05) is 6.54 Å². The second-order valence-corrected chi connectivity index (χ2v) is 7.87. The van der Waals surface area contributed by atoms with Crippen LogP contribution in [0.4, 0.5) is 0 Å². The molecule has 140 valence electrons. The van der Waals surface area contributed by atoms with Crippen LogP contribution in [0.25, 0.3) is 0 Å². The molecule has 2 amide bonds. The normalized spacial score (nSPS) is 14.1. The molecule has 1 aromatic carbocycles. The van der Waals surface area contributed by atoms with Gasteiger partial charge in [0.05, 0.1) is 12.6 Å². The van der Waals surface area contributed by atoms with E-state index in [-0.39, 0.29) is 12.6 Å². The van der Waals surface area contributed by atoms with Crippen molar-refractivity contribution in [2.45, 2.75) is 18.6 Å². The van der Waals surface area contributed by atoms with Crippen LogP contribution in [0.5, 0.6) is 0 Å². The minimum atomic E-state index is -1.37. The van der Waals surface area contributed by atoms with E-state index in [9.17, 15) is 14.7 Å². The van der Waals surface area contributed by atoms with Gasteiger partial charge in [0.15, 0.2) is 0 Å². The lowest BCUT2D eigenvalue weighted by molar-refractivity contribution is -0.140. The Morgan fingerprint density at radius 1 is 1.07 bits per heavy atom. The molecule has 0 saturated carbocycles. The fourth-order valence-corrected chi connectivity index (χ4v) is 4.29. The van der Waals surface area contributed by atoms with Crippen LogP contribution in [0.3, 0.4) is 0 Å². The van der Waals surface area contributed by atoms with E-state index in [1.165, 1.54) is 22.7 Å². The Hall–Kier alpha value is -2.48. The van der Waals surface area contributed by atoms with Gasteiger partial charge >= 0.3 is 11.8 Å². The highest BCUT2D eigenvalue weighted by Gasteiger charge is 2.34. The van der Waals surface area contributed by atoms with Gasteiger partial charge in [0.25, 0.3) is 0 Å². The zero-order valence-electron chi connectivity index (χ0n) is 14.7. The van der Waals surface area contributed by atoms with Gasteiger partial charge in [0, 0.05) is 10.4 Å². The van der Waals surface area contributed by atoms with Crippen LogP contribution in [0.2, 0.25) is 0 Å². The maximum Gasteiger partial charge on any atom is 0.309 e. The number of nitrogens with one attached hydrogen (secondary N) is 2. The Morgan fingerprint density at radius 3 is 2.48 bits per heavy atom. The van der Waals surface area contributed by atoms with Crippen LogP contribution in [-0.2, 0) is 15.2 Å². The Balaban J connectivity index is 1.65. The number of thiophene rings is 2. The predicted octanol–water partition coefficient (Wildman–Crippen LogP) is 3.04. The lowest BCUT2D eigenvalue weighted by Gasteiger charge is -2.27. The fraction of sp³-hybridized carbons (Fsp3) is 0.200. The van der Waals surface area contributed by atoms with E-state index in [1.807, 2.05) is 71.6 Å². The zero-order valence-corrected chi connectivity index (χ0v) is 16.3. The van der Waals surface area contributed by atoms with Crippen molar-refractivity contribution in [1.82, 2.24) is 10.6 Å². The maximum absolute atomic E-state index is 12.3. The van der Waals surface area contributed by atoms with Gasteiger partial charge < -0.3 is 15.7 Å². The third kappa shape index (κ3) is 4.44. The number of carbonyl (C=O) groups is 2. The first-order chi connectivity index (χ1) is 13.0. The molecule has 5 nitrogen and oxygen atoms in total. The summed E-state index contributed by atoms with van der Waals surface area (Å²) in [7, 11) is 0. The number of aliphatic hydroxyl groups is 1. The van der Waals surface area contributed by atoms with E-state index in [2.05, 4.69) is 10.6 Å². The molecule has 3 aromatic rings. The Labute approximate surface area is 165 Å². The highest BCUT2D eigenvalue weighted by atomic mass is 32.1. The van der Waals surface area contributed by atoms with E-state index in [1.54, 1.807) is 0 Å². The number of hydrogen-bond donors (Lipinski definition) is 3. The van der Waals surface area contributed by atoms with Gasteiger partial charge in [-0.2, -0.15) is 11.3 Å². The Morgan fingerprint density at radius 2 is 1.85 bits per heavy atom. The highest BCUT2D eigenvalue weighted by molar-refractivity contribution is 7.10. The molecule has 3 N–H and O–H groups in total. The van der Waals surface area contributed by atoms with E-state index in [0.29, 0.717) is 10.4 Å². The summed E-state index contributed by atoms with van der Waals surface area (Å²) < 4.78 is 0. The summed E-state index contributed by atoms with van der Waals surface area (Å²) in [5, 5.41) is 22.0. The van der Waals surface area contributed by atoms with Crippen molar-refractivity contribution in [3.63, 3.8) is 0 Å². The summed E-state index contributed by atoms with van der Waals surface area (Å²) in [5.41, 5.74) is 0.232. The summed E-state index contributed by atoms with van der Waals surface area (Å²) in [4.78, 5) is 25.2. The quantitative estimate of drug-likeness (QED) is 0.557. The summed E-state index contributed by atoms with van der Waals surface area (Å²) in [6.45, 7) is 1.73. The molecule has 2 atom stereocenters. The Kier molecular flexibility index (Phi) is 6.05. The number of rotatable bonds is 6. The van der Waals surface area contributed by atoms with Crippen molar-refractivity contribution >= 4 is 34.5 Å². The molecule has 27 heavy (non-hydrogen) atoms. The summed E-state index contributed by atoms with van der Waals surface area (Å²) in [5.74, 6) is -1.51. The molecule has 0 fully saturated rings. The average molecular weight is 401 g/mol. The largest absolute Gasteiger partial charge is 0.378 e. The van der Waals surface area contributed by atoms with Crippen LogP contribution < -0.4 is 10.6 Å². The molecule has 7 heteroatoms. The molecule has 0 aliphatic carbocycles. The first-order valence-corrected chi connectivity index (χ1v) is 10.3. The molecule has 0 radical (unpaired) electrons. The summed E-state index contributed by atoms with van der Waals surface area (Å²) in [6.07, 6.45) is 0. The molecule has 0 aliphatic heterocycles. The number of hydrogen-bond acceptors (Lipinski definition) is 5. The van der Waals surface area contributed by atoms with Gasteiger partial charge in [-0.05, 0) is 40.8 Å². The average Bonchev–Trinajstić information content (AvgIpc) is 3.40. The number of carbonyl (C=O) groups excluding carboxylic acids is 2. The molecule has 0 bridgehead atoms. The van der Waals surface area contributed by atoms with Crippen molar-refractivity contribution in [3.8, 4) is 0 Å². The SMILES string of the molecule is C[C@@H](NC(=O)C(=O)NC[C@@](O)(c1ccsc1)c1cccs1)c1ccccc1.